The molecule has 0 aliphatic rings. The molecule has 0 bridgehead atoms. The summed E-state index contributed by atoms with van der Waals surface area (Å²) in [6.45, 7) is 0. The van der Waals surface area contributed by atoms with Crippen LogP contribution in [0.3, 0.4) is 0 Å². The summed E-state index contributed by atoms with van der Waals surface area (Å²) in [5, 5.41) is 3.87. The molecule has 1 aromatic heterocycles. The van der Waals surface area contributed by atoms with Crippen molar-refractivity contribution in [3.05, 3.63) is 34.6 Å². The van der Waals surface area contributed by atoms with Crippen LogP contribution in [0, 0.1) is 12.3 Å². The van der Waals surface area contributed by atoms with E-state index in [0.717, 1.165) is 10.0 Å². The average molecular weight is 292 g/mol. The van der Waals surface area contributed by atoms with Crippen molar-refractivity contribution in [3.8, 4) is 23.7 Å². The maximum absolute atomic E-state index is 5.77. The Kier molecular flexibility index (Phi) is 3.57. The van der Waals surface area contributed by atoms with Gasteiger partial charge in [0.15, 0.2) is 0 Å². The van der Waals surface area contributed by atoms with Crippen LogP contribution in [0.2, 0.25) is 0 Å². The molecule has 0 saturated carbocycles. The summed E-state index contributed by atoms with van der Waals surface area (Å²) in [4.78, 5) is 4.22. The minimum atomic E-state index is -0.406. The lowest BCUT2D eigenvalue weighted by atomic mass is 10.2. The molecule has 0 fully saturated rings. The number of halogens is 1. The Labute approximate surface area is 107 Å². The first-order chi connectivity index (χ1) is 8.20. The number of benzene rings is 1. The largest absolute Gasteiger partial charge is 0.337 e. The second-order valence-electron chi connectivity index (χ2n) is 3.48. The van der Waals surface area contributed by atoms with Gasteiger partial charge in [-0.3, -0.25) is 0 Å². The molecule has 0 saturated heterocycles. The first-order valence-corrected chi connectivity index (χ1v) is 5.78. The van der Waals surface area contributed by atoms with Crippen molar-refractivity contribution in [1.82, 2.24) is 10.1 Å². The zero-order chi connectivity index (χ0) is 12.3. The van der Waals surface area contributed by atoms with E-state index in [1.54, 1.807) is 0 Å². The summed E-state index contributed by atoms with van der Waals surface area (Å²) in [5.41, 5.74) is 6.65. The Bertz CT molecular complexity index is 542. The zero-order valence-corrected chi connectivity index (χ0v) is 10.5. The van der Waals surface area contributed by atoms with Crippen LogP contribution in [0.25, 0.3) is 11.4 Å². The number of nitrogens with two attached hydrogens (primary N) is 1. The smallest absolute Gasteiger partial charge is 0.244 e. The number of terminal acetylenes is 1. The molecule has 1 heterocycles. The summed E-state index contributed by atoms with van der Waals surface area (Å²) in [6, 6.07) is 7.20. The van der Waals surface area contributed by atoms with Gasteiger partial charge < -0.3 is 10.3 Å². The summed E-state index contributed by atoms with van der Waals surface area (Å²) >= 11 is 3.36. The van der Waals surface area contributed by atoms with Gasteiger partial charge in [0.1, 0.15) is 0 Å². The molecule has 5 heteroatoms. The van der Waals surface area contributed by atoms with Gasteiger partial charge in [-0.15, -0.1) is 12.3 Å². The topological polar surface area (TPSA) is 64.9 Å². The molecule has 0 aliphatic heterocycles. The van der Waals surface area contributed by atoms with E-state index in [-0.39, 0.29) is 0 Å². The van der Waals surface area contributed by atoms with E-state index in [4.69, 9.17) is 16.7 Å². The minimum absolute atomic E-state index is 0.362. The normalized spacial score (nSPS) is 12.1. The van der Waals surface area contributed by atoms with Crippen LogP contribution in [-0.2, 0) is 0 Å². The summed E-state index contributed by atoms with van der Waals surface area (Å²) in [6.07, 6.45) is 5.55. The molecule has 0 radical (unpaired) electrons. The predicted molar refractivity (Wildman–Crippen MR) is 67.8 cm³/mol. The lowest BCUT2D eigenvalue weighted by molar-refractivity contribution is 0.357. The van der Waals surface area contributed by atoms with Crippen molar-refractivity contribution < 1.29 is 4.52 Å². The fourth-order valence-electron chi connectivity index (χ4n) is 1.32. The molecule has 17 heavy (non-hydrogen) atoms. The van der Waals surface area contributed by atoms with E-state index in [2.05, 4.69) is 32.0 Å². The highest BCUT2D eigenvalue weighted by molar-refractivity contribution is 9.10. The van der Waals surface area contributed by atoms with Gasteiger partial charge in [-0.25, -0.2) is 0 Å². The lowest BCUT2D eigenvalue weighted by Crippen LogP contribution is -2.09. The second-order valence-corrected chi connectivity index (χ2v) is 4.39. The van der Waals surface area contributed by atoms with E-state index >= 15 is 0 Å². The Hall–Kier alpha value is -1.64. The first-order valence-electron chi connectivity index (χ1n) is 4.99. The Balaban J connectivity index is 2.24. The Morgan fingerprint density at radius 1 is 1.41 bits per heavy atom. The third-order valence-corrected chi connectivity index (χ3v) is 2.73. The summed E-state index contributed by atoms with van der Waals surface area (Å²) in [7, 11) is 0. The molecule has 0 amide bonds. The molecule has 4 nitrogen and oxygen atoms in total. The third kappa shape index (κ3) is 2.73. The molecular weight excluding hydrogens is 282 g/mol. The van der Waals surface area contributed by atoms with Crippen molar-refractivity contribution in [2.24, 2.45) is 5.73 Å². The van der Waals surface area contributed by atoms with Crippen molar-refractivity contribution in [2.75, 3.05) is 0 Å². The Morgan fingerprint density at radius 3 is 2.76 bits per heavy atom. The van der Waals surface area contributed by atoms with Gasteiger partial charge in [0.05, 0.1) is 6.04 Å². The molecule has 86 valence electrons. The number of nitrogens with zero attached hydrogens (tertiary/aromatic N) is 2. The molecule has 0 aliphatic carbocycles. The molecule has 1 unspecified atom stereocenters. The van der Waals surface area contributed by atoms with E-state index in [9.17, 15) is 0 Å². The summed E-state index contributed by atoms with van der Waals surface area (Å²) in [5.74, 6) is 3.34. The van der Waals surface area contributed by atoms with Gasteiger partial charge >= 0.3 is 0 Å². The molecule has 2 N–H and O–H groups in total. The minimum Gasteiger partial charge on any atom is -0.337 e. The van der Waals surface area contributed by atoms with Crippen molar-refractivity contribution in [2.45, 2.75) is 12.5 Å². The van der Waals surface area contributed by atoms with Crippen LogP contribution < -0.4 is 5.73 Å². The molecular formula is C12H10BrN3O. The number of rotatable bonds is 3. The third-order valence-electron chi connectivity index (χ3n) is 2.20. The second kappa shape index (κ2) is 5.13. The quantitative estimate of drug-likeness (QED) is 0.883. The average Bonchev–Trinajstić information content (AvgIpc) is 2.80. The van der Waals surface area contributed by atoms with Crippen LogP contribution in [-0.4, -0.2) is 10.1 Å². The standard InChI is InChI=1S/C12H10BrN3O/c1-2-3-10(14)12-15-11(16-17-12)8-4-6-9(13)7-5-8/h1,4-7,10H,3,14H2. The van der Waals surface area contributed by atoms with E-state index in [0.29, 0.717) is 18.1 Å². The van der Waals surface area contributed by atoms with E-state index in [1.807, 2.05) is 24.3 Å². The van der Waals surface area contributed by atoms with Crippen molar-refractivity contribution in [1.29, 1.82) is 0 Å². The van der Waals surface area contributed by atoms with Crippen molar-refractivity contribution >= 4 is 15.9 Å². The highest BCUT2D eigenvalue weighted by Gasteiger charge is 2.14. The molecule has 2 rings (SSSR count). The van der Waals surface area contributed by atoms with E-state index in [1.165, 1.54) is 0 Å². The molecule has 1 atom stereocenters. The van der Waals surface area contributed by atoms with Gasteiger partial charge in [-0.05, 0) is 24.3 Å². The Morgan fingerprint density at radius 2 is 2.12 bits per heavy atom. The highest BCUT2D eigenvalue weighted by Crippen LogP contribution is 2.20. The van der Waals surface area contributed by atoms with Crippen LogP contribution in [0.4, 0.5) is 0 Å². The van der Waals surface area contributed by atoms with Crippen LogP contribution in [0.15, 0.2) is 33.3 Å². The van der Waals surface area contributed by atoms with Crippen LogP contribution in [0.5, 0.6) is 0 Å². The molecule has 2 aromatic rings. The van der Waals surface area contributed by atoms with Gasteiger partial charge in [-0.1, -0.05) is 21.1 Å². The fourth-order valence-corrected chi connectivity index (χ4v) is 1.58. The monoisotopic (exact) mass is 291 g/mol. The molecule has 0 spiro atoms. The van der Waals surface area contributed by atoms with Crippen molar-refractivity contribution in [3.63, 3.8) is 0 Å². The molecule has 1 aromatic carbocycles. The summed E-state index contributed by atoms with van der Waals surface area (Å²) < 4.78 is 6.06. The highest BCUT2D eigenvalue weighted by atomic mass is 79.9. The number of hydrogen-bond acceptors (Lipinski definition) is 4. The zero-order valence-electron chi connectivity index (χ0n) is 8.93. The van der Waals surface area contributed by atoms with Gasteiger partial charge in [0.25, 0.3) is 0 Å². The fraction of sp³-hybridized carbons (Fsp3) is 0.167. The predicted octanol–water partition coefficient (Wildman–Crippen LogP) is 2.52. The number of aromatic nitrogens is 2. The van der Waals surface area contributed by atoms with Gasteiger partial charge in [0, 0.05) is 16.5 Å². The van der Waals surface area contributed by atoms with Crippen LogP contribution in [0.1, 0.15) is 18.4 Å². The van der Waals surface area contributed by atoms with E-state index < -0.39 is 6.04 Å². The maximum atomic E-state index is 5.77. The number of hydrogen-bond donors (Lipinski definition) is 1. The first kappa shape index (κ1) is 11.8. The lowest BCUT2D eigenvalue weighted by Gasteiger charge is -1.98. The van der Waals surface area contributed by atoms with Crippen LogP contribution >= 0.6 is 15.9 Å². The van der Waals surface area contributed by atoms with Gasteiger partial charge in [-0.2, -0.15) is 4.98 Å². The van der Waals surface area contributed by atoms with Gasteiger partial charge in [0.2, 0.25) is 11.7 Å². The maximum Gasteiger partial charge on any atom is 0.244 e. The SMILES string of the molecule is C#CCC(N)c1nc(-c2ccc(Br)cc2)no1.